The van der Waals surface area contributed by atoms with E-state index in [1.54, 1.807) is 19.1 Å². The Labute approximate surface area is 273 Å². The van der Waals surface area contributed by atoms with E-state index in [1.807, 2.05) is 13.8 Å². The van der Waals surface area contributed by atoms with Crippen LogP contribution >= 0.6 is 0 Å². The number of carboxylic acid groups (broad SMARTS) is 1. The second-order valence-electron chi connectivity index (χ2n) is 12.3. The van der Waals surface area contributed by atoms with E-state index in [-0.39, 0.29) is 29.4 Å². The summed E-state index contributed by atoms with van der Waals surface area (Å²) in [4.78, 5) is 89.0. The Morgan fingerprint density at radius 2 is 1.53 bits per heavy atom. The van der Waals surface area contributed by atoms with Crippen LogP contribution in [0.5, 0.6) is 0 Å². The minimum atomic E-state index is -1.49. The number of rotatable bonds is 17. The molecule has 2 aromatic rings. The summed E-state index contributed by atoms with van der Waals surface area (Å²) >= 11 is 0. The number of carbonyl (C=O) groups is 6. The normalized spacial score (nSPS) is 17.7. The third kappa shape index (κ3) is 10.5. The van der Waals surface area contributed by atoms with E-state index in [0.29, 0.717) is 49.5 Å². The molecule has 0 saturated heterocycles. The first kappa shape index (κ1) is 36.9. The molecule has 5 atom stereocenters. The zero-order chi connectivity index (χ0) is 34.7. The van der Waals surface area contributed by atoms with Crippen molar-refractivity contribution in [1.29, 1.82) is 0 Å². The number of hydrogen-bond donors (Lipinski definition) is 5. The first-order chi connectivity index (χ1) is 22.3. The lowest BCUT2D eigenvalue weighted by atomic mass is 9.86. The Kier molecular flexibility index (Phi) is 13.7. The van der Waals surface area contributed by atoms with E-state index in [9.17, 15) is 38.7 Å². The van der Waals surface area contributed by atoms with Crippen LogP contribution in [0.1, 0.15) is 90.5 Å². The van der Waals surface area contributed by atoms with Gasteiger partial charge in [0.1, 0.15) is 17.7 Å². The Balaban J connectivity index is 1.75. The van der Waals surface area contributed by atoms with Gasteiger partial charge in [0.05, 0.1) is 12.5 Å². The van der Waals surface area contributed by atoms with E-state index in [1.165, 1.54) is 19.1 Å². The number of fused-ring (bicyclic) bond motifs is 1. The van der Waals surface area contributed by atoms with Gasteiger partial charge in [0.15, 0.2) is 5.78 Å². The molecule has 5 N–H and O–H groups in total. The fourth-order valence-corrected chi connectivity index (χ4v) is 6.06. The number of anilines is 1. The Bertz CT molecular complexity index is 1540. The maximum absolute atomic E-state index is 13.6. The van der Waals surface area contributed by atoms with Gasteiger partial charge < -0.3 is 30.8 Å². The topological polar surface area (TPSA) is 201 Å². The van der Waals surface area contributed by atoms with Gasteiger partial charge in [0.2, 0.25) is 23.6 Å². The summed E-state index contributed by atoms with van der Waals surface area (Å²) in [5.74, 6) is -5.16. The second-order valence-corrected chi connectivity index (χ2v) is 12.3. The first-order valence-corrected chi connectivity index (χ1v) is 16.3. The second kappa shape index (κ2) is 17.4. The van der Waals surface area contributed by atoms with Gasteiger partial charge in [-0.25, -0.2) is 4.79 Å². The van der Waals surface area contributed by atoms with E-state index in [0.717, 1.165) is 12.8 Å². The fourth-order valence-electron chi connectivity index (χ4n) is 6.06. The molecule has 0 radical (unpaired) electrons. The summed E-state index contributed by atoms with van der Waals surface area (Å²) in [5, 5.41) is 20.7. The number of carbonyl (C=O) groups excluding carboxylic acids is 5. The molecule has 13 heteroatoms. The molecule has 3 rings (SSSR count). The largest absolute Gasteiger partial charge is 0.481 e. The van der Waals surface area contributed by atoms with Crippen LogP contribution in [0.25, 0.3) is 11.0 Å². The van der Waals surface area contributed by atoms with Crippen LogP contribution in [0, 0.1) is 18.8 Å². The maximum Gasteiger partial charge on any atom is 0.336 e. The Hall–Kier alpha value is -4.55. The van der Waals surface area contributed by atoms with Crippen molar-refractivity contribution >= 4 is 52.0 Å². The number of amides is 4. The number of unbranched alkanes of at least 4 members (excludes halogenated alkanes) is 2. The minimum Gasteiger partial charge on any atom is -0.481 e. The standard InChI is InChI=1S/C34H46N4O9/c1-5-7-12-25(35-20(4)39)31(43)23-10-9-11-24(23)32(44)37-26(13-8-6-2)33(45)38-27(18-29(40)41)34(46)36-21-14-15-22-19(3)16-30(42)47-28(22)17-21/h14-17,23-27H,5-13,18H2,1-4H3,(H,35,39)(H,36,46)(H,37,44)(H,38,45)(H,40,41)/t23-,24-,25+,26+,27+/m1/s1. The van der Waals surface area contributed by atoms with Crippen LogP contribution < -0.4 is 26.9 Å². The van der Waals surface area contributed by atoms with Crippen molar-refractivity contribution in [2.24, 2.45) is 11.8 Å². The van der Waals surface area contributed by atoms with Crippen molar-refractivity contribution in [3.05, 3.63) is 40.2 Å². The molecular weight excluding hydrogens is 608 g/mol. The molecule has 47 heavy (non-hydrogen) atoms. The molecule has 0 bridgehead atoms. The smallest absolute Gasteiger partial charge is 0.336 e. The summed E-state index contributed by atoms with van der Waals surface area (Å²) in [6.07, 6.45) is 4.39. The Morgan fingerprint density at radius 3 is 2.17 bits per heavy atom. The van der Waals surface area contributed by atoms with Crippen molar-refractivity contribution in [1.82, 2.24) is 16.0 Å². The highest BCUT2D eigenvalue weighted by Gasteiger charge is 2.41. The number of carboxylic acids is 1. The average Bonchev–Trinajstić information content (AvgIpc) is 3.50. The van der Waals surface area contributed by atoms with Gasteiger partial charge in [0.25, 0.3) is 0 Å². The van der Waals surface area contributed by atoms with Crippen LogP contribution in [0.3, 0.4) is 0 Å². The third-order valence-corrected chi connectivity index (χ3v) is 8.50. The van der Waals surface area contributed by atoms with Crippen molar-refractivity contribution in [3.8, 4) is 0 Å². The van der Waals surface area contributed by atoms with Gasteiger partial charge in [-0.2, -0.15) is 0 Å². The van der Waals surface area contributed by atoms with E-state index < -0.39 is 65.7 Å². The van der Waals surface area contributed by atoms with Crippen LogP contribution in [0.4, 0.5) is 5.69 Å². The lowest BCUT2D eigenvalue weighted by Crippen LogP contribution is -2.54. The summed E-state index contributed by atoms with van der Waals surface area (Å²) in [7, 11) is 0. The Morgan fingerprint density at radius 1 is 0.872 bits per heavy atom. The summed E-state index contributed by atoms with van der Waals surface area (Å²) in [6.45, 7) is 6.99. The van der Waals surface area contributed by atoms with Crippen molar-refractivity contribution in [2.45, 2.75) is 110 Å². The fraction of sp³-hybridized carbons (Fsp3) is 0.559. The van der Waals surface area contributed by atoms with E-state index in [2.05, 4.69) is 21.3 Å². The molecule has 1 aliphatic rings. The number of nitrogens with one attached hydrogen (secondary N) is 4. The maximum atomic E-state index is 13.6. The molecule has 13 nitrogen and oxygen atoms in total. The summed E-state index contributed by atoms with van der Waals surface area (Å²) in [5.41, 5.74) is 0.575. The van der Waals surface area contributed by atoms with Crippen LogP contribution in [0.15, 0.2) is 33.5 Å². The van der Waals surface area contributed by atoms with Gasteiger partial charge in [-0.3, -0.25) is 28.8 Å². The average molecular weight is 655 g/mol. The van der Waals surface area contributed by atoms with Gasteiger partial charge in [-0.05, 0) is 50.3 Å². The molecule has 0 aliphatic heterocycles. The predicted octanol–water partition coefficient (Wildman–Crippen LogP) is 3.35. The lowest BCUT2D eigenvalue weighted by molar-refractivity contribution is -0.140. The molecule has 1 aromatic heterocycles. The van der Waals surface area contributed by atoms with E-state index in [4.69, 9.17) is 4.42 Å². The highest BCUT2D eigenvalue weighted by atomic mass is 16.4. The highest BCUT2D eigenvalue weighted by molar-refractivity contribution is 6.01. The van der Waals surface area contributed by atoms with E-state index >= 15 is 0 Å². The van der Waals surface area contributed by atoms with Crippen molar-refractivity contribution in [2.75, 3.05) is 5.32 Å². The molecule has 256 valence electrons. The summed E-state index contributed by atoms with van der Waals surface area (Å²) < 4.78 is 5.22. The molecule has 0 unspecified atom stereocenters. The molecule has 1 fully saturated rings. The summed E-state index contributed by atoms with van der Waals surface area (Å²) in [6, 6.07) is 2.73. The van der Waals surface area contributed by atoms with Gasteiger partial charge in [0, 0.05) is 42.0 Å². The van der Waals surface area contributed by atoms with Crippen LogP contribution in [-0.2, 0) is 28.8 Å². The molecule has 1 saturated carbocycles. The first-order valence-electron chi connectivity index (χ1n) is 16.3. The number of aryl methyl sites for hydroxylation is 1. The zero-order valence-corrected chi connectivity index (χ0v) is 27.5. The minimum absolute atomic E-state index is 0.192. The quantitative estimate of drug-likeness (QED) is 0.159. The van der Waals surface area contributed by atoms with Crippen LogP contribution in [0.2, 0.25) is 0 Å². The predicted molar refractivity (Wildman–Crippen MR) is 174 cm³/mol. The highest BCUT2D eigenvalue weighted by Crippen LogP contribution is 2.34. The number of Topliss-reactive ketones (excluding diaryl/α,β-unsaturated/α-hetero) is 1. The van der Waals surface area contributed by atoms with Crippen LogP contribution in [-0.4, -0.2) is 58.6 Å². The molecule has 4 amide bonds. The molecule has 1 heterocycles. The SMILES string of the molecule is CCCC[C@H](NC(=O)[C@@H]1CCC[C@H]1C(=O)[C@H](CCCC)NC(C)=O)C(=O)N[C@@H](CC(=O)O)C(=O)Nc1ccc2c(C)cc(=O)oc2c1. The van der Waals surface area contributed by atoms with Crippen molar-refractivity contribution in [3.63, 3.8) is 0 Å². The third-order valence-electron chi connectivity index (χ3n) is 8.50. The zero-order valence-electron chi connectivity index (χ0n) is 27.5. The molecular formula is C34H46N4O9. The van der Waals surface area contributed by atoms with Crippen molar-refractivity contribution < 1.29 is 38.3 Å². The molecule has 1 aliphatic carbocycles. The lowest BCUT2D eigenvalue weighted by Gasteiger charge is -2.27. The monoisotopic (exact) mass is 654 g/mol. The van der Waals surface area contributed by atoms with Gasteiger partial charge in [-0.15, -0.1) is 0 Å². The van der Waals surface area contributed by atoms with Gasteiger partial charge in [-0.1, -0.05) is 46.0 Å². The number of aliphatic carboxylic acids is 1. The molecule has 1 aromatic carbocycles. The number of ketones is 1. The molecule has 0 spiro atoms. The number of benzene rings is 1. The number of hydrogen-bond acceptors (Lipinski definition) is 8. The van der Waals surface area contributed by atoms with Gasteiger partial charge >= 0.3 is 11.6 Å².